The van der Waals surface area contributed by atoms with Gasteiger partial charge in [-0.15, -0.1) is 0 Å². The van der Waals surface area contributed by atoms with Crippen molar-refractivity contribution in [3.63, 3.8) is 0 Å². The second kappa shape index (κ2) is 7.92. The summed E-state index contributed by atoms with van der Waals surface area (Å²) in [6, 6.07) is 0. The molecule has 108 valence electrons. The molecule has 0 radical (unpaired) electrons. The fourth-order valence-electron chi connectivity index (χ4n) is 4.00. The molecule has 19 heavy (non-hydrogen) atoms. The van der Waals surface area contributed by atoms with E-state index in [0.29, 0.717) is 0 Å². The van der Waals surface area contributed by atoms with Crippen molar-refractivity contribution in [2.24, 2.45) is 11.8 Å². The van der Waals surface area contributed by atoms with Crippen molar-refractivity contribution in [3.8, 4) is 0 Å². The first kappa shape index (κ1) is 14.9. The molecule has 0 aromatic carbocycles. The van der Waals surface area contributed by atoms with E-state index in [2.05, 4.69) is 26.0 Å². The maximum atomic E-state index is 2.56. The van der Waals surface area contributed by atoms with Crippen molar-refractivity contribution in [1.29, 1.82) is 0 Å². The van der Waals surface area contributed by atoms with Crippen LogP contribution in [0.2, 0.25) is 0 Å². The average Bonchev–Trinajstić information content (AvgIpc) is 2.49. The van der Waals surface area contributed by atoms with Crippen molar-refractivity contribution in [3.05, 3.63) is 23.3 Å². The molecule has 2 aliphatic rings. The first-order valence-electron chi connectivity index (χ1n) is 8.63. The summed E-state index contributed by atoms with van der Waals surface area (Å²) in [5, 5.41) is 0. The smallest absolute Gasteiger partial charge is 0.0133 e. The largest absolute Gasteiger partial charge is 0.0879 e. The fraction of sp³-hybridized carbons (Fsp3) is 0.789. The number of allylic oxidation sites excluding steroid dienone is 4. The summed E-state index contributed by atoms with van der Waals surface area (Å²) in [6.45, 7) is 4.62. The highest BCUT2D eigenvalue weighted by Gasteiger charge is 2.18. The zero-order chi connectivity index (χ0) is 13.5. The van der Waals surface area contributed by atoms with Gasteiger partial charge < -0.3 is 0 Å². The van der Waals surface area contributed by atoms with Gasteiger partial charge in [-0.25, -0.2) is 0 Å². The van der Waals surface area contributed by atoms with Crippen molar-refractivity contribution < 1.29 is 0 Å². The molecule has 0 heteroatoms. The molecule has 2 saturated carbocycles. The van der Waals surface area contributed by atoms with Gasteiger partial charge in [0.05, 0.1) is 0 Å². The van der Waals surface area contributed by atoms with E-state index in [0.717, 1.165) is 11.8 Å². The molecule has 0 saturated heterocycles. The van der Waals surface area contributed by atoms with Crippen LogP contribution >= 0.6 is 0 Å². The summed E-state index contributed by atoms with van der Waals surface area (Å²) in [4.78, 5) is 0. The Morgan fingerprint density at radius 2 is 1.37 bits per heavy atom. The topological polar surface area (TPSA) is 0 Å². The molecule has 2 rings (SSSR count). The van der Waals surface area contributed by atoms with Crippen LogP contribution in [0.5, 0.6) is 0 Å². The molecule has 0 atom stereocenters. The first-order valence-corrected chi connectivity index (χ1v) is 8.63. The second-order valence-corrected chi connectivity index (χ2v) is 6.69. The summed E-state index contributed by atoms with van der Waals surface area (Å²) < 4.78 is 0. The van der Waals surface area contributed by atoms with Gasteiger partial charge in [0.25, 0.3) is 0 Å². The van der Waals surface area contributed by atoms with E-state index in [1.165, 1.54) is 70.6 Å². The Hall–Kier alpha value is -0.520. The van der Waals surface area contributed by atoms with Crippen LogP contribution in [0.25, 0.3) is 0 Å². The van der Waals surface area contributed by atoms with Crippen LogP contribution in [0.4, 0.5) is 0 Å². The Balaban J connectivity index is 1.87. The third-order valence-corrected chi connectivity index (χ3v) is 5.41. The molecule has 0 unspecified atom stereocenters. The van der Waals surface area contributed by atoms with Crippen LogP contribution in [-0.4, -0.2) is 0 Å². The maximum absolute atomic E-state index is 2.56. The average molecular weight is 260 g/mol. The van der Waals surface area contributed by atoms with Crippen LogP contribution in [0.3, 0.4) is 0 Å². The van der Waals surface area contributed by atoms with E-state index in [-0.39, 0.29) is 0 Å². The van der Waals surface area contributed by atoms with Crippen molar-refractivity contribution in [2.45, 2.75) is 84.5 Å². The highest BCUT2D eigenvalue weighted by molar-refractivity contribution is 5.15. The SMILES string of the molecule is C/C=C(/C/C=C(/C)C1CCCCC1)C1CCCCC1. The highest BCUT2D eigenvalue weighted by atomic mass is 14.2. The highest BCUT2D eigenvalue weighted by Crippen LogP contribution is 2.33. The van der Waals surface area contributed by atoms with Gasteiger partial charge in [-0.1, -0.05) is 61.8 Å². The van der Waals surface area contributed by atoms with Crippen LogP contribution in [0.1, 0.15) is 84.5 Å². The Bertz CT molecular complexity index is 309. The van der Waals surface area contributed by atoms with Gasteiger partial charge in [-0.3, -0.25) is 0 Å². The van der Waals surface area contributed by atoms with E-state index in [9.17, 15) is 0 Å². The minimum atomic E-state index is 0.897. The third kappa shape index (κ3) is 4.51. The molecule has 0 nitrogen and oxygen atoms in total. The van der Waals surface area contributed by atoms with Crippen LogP contribution in [0, 0.1) is 11.8 Å². The number of hydrogen-bond acceptors (Lipinski definition) is 0. The lowest BCUT2D eigenvalue weighted by atomic mass is 9.80. The Kier molecular flexibility index (Phi) is 6.20. The first-order chi connectivity index (χ1) is 9.31. The standard InChI is InChI=1S/C19H32/c1-3-17(19-12-8-5-9-13-19)15-14-16(2)18-10-6-4-7-11-18/h3,14,18-19H,4-13,15H2,1-2H3/b16-14-,17-3-. The molecule has 0 N–H and O–H groups in total. The van der Waals surface area contributed by atoms with E-state index < -0.39 is 0 Å². The number of rotatable bonds is 4. The fourth-order valence-corrected chi connectivity index (χ4v) is 4.00. The van der Waals surface area contributed by atoms with Gasteiger partial charge >= 0.3 is 0 Å². The van der Waals surface area contributed by atoms with E-state index >= 15 is 0 Å². The van der Waals surface area contributed by atoms with E-state index in [4.69, 9.17) is 0 Å². The Morgan fingerprint density at radius 1 is 0.842 bits per heavy atom. The van der Waals surface area contributed by atoms with Gasteiger partial charge in [0.15, 0.2) is 0 Å². The van der Waals surface area contributed by atoms with Crippen LogP contribution < -0.4 is 0 Å². The molecular weight excluding hydrogens is 228 g/mol. The molecule has 0 spiro atoms. The molecule has 0 bridgehead atoms. The van der Waals surface area contributed by atoms with Gasteiger partial charge in [0.1, 0.15) is 0 Å². The zero-order valence-electron chi connectivity index (χ0n) is 13.1. The molecule has 0 aliphatic heterocycles. The molecule has 0 aromatic heterocycles. The summed E-state index contributed by atoms with van der Waals surface area (Å²) in [5.41, 5.74) is 3.39. The van der Waals surface area contributed by atoms with Crippen molar-refractivity contribution >= 4 is 0 Å². The summed E-state index contributed by atoms with van der Waals surface area (Å²) >= 11 is 0. The maximum Gasteiger partial charge on any atom is -0.0133 e. The predicted molar refractivity (Wildman–Crippen MR) is 85.3 cm³/mol. The molecule has 0 heterocycles. The summed E-state index contributed by atoms with van der Waals surface area (Å²) in [7, 11) is 0. The Labute approximate surface area is 120 Å². The lowest BCUT2D eigenvalue weighted by Crippen LogP contribution is -2.10. The van der Waals surface area contributed by atoms with Gasteiger partial charge in [-0.05, 0) is 57.8 Å². The minimum Gasteiger partial charge on any atom is -0.0879 e. The predicted octanol–water partition coefficient (Wildman–Crippen LogP) is 6.43. The molecule has 0 aromatic rings. The third-order valence-electron chi connectivity index (χ3n) is 5.41. The van der Waals surface area contributed by atoms with Crippen LogP contribution in [-0.2, 0) is 0 Å². The minimum absolute atomic E-state index is 0.897. The molecular formula is C19H32. The molecule has 2 fully saturated rings. The zero-order valence-corrected chi connectivity index (χ0v) is 13.1. The quantitative estimate of drug-likeness (QED) is 0.511. The van der Waals surface area contributed by atoms with Gasteiger partial charge in [0.2, 0.25) is 0 Å². The second-order valence-electron chi connectivity index (χ2n) is 6.69. The van der Waals surface area contributed by atoms with Gasteiger partial charge in [0, 0.05) is 0 Å². The molecule has 0 amide bonds. The number of hydrogen-bond donors (Lipinski definition) is 0. The van der Waals surface area contributed by atoms with Gasteiger partial charge in [-0.2, -0.15) is 0 Å². The van der Waals surface area contributed by atoms with Crippen molar-refractivity contribution in [2.75, 3.05) is 0 Å². The summed E-state index contributed by atoms with van der Waals surface area (Å²) in [5.74, 6) is 1.80. The summed E-state index contributed by atoms with van der Waals surface area (Å²) in [6.07, 6.45) is 20.7. The van der Waals surface area contributed by atoms with Crippen molar-refractivity contribution in [1.82, 2.24) is 0 Å². The Morgan fingerprint density at radius 3 is 1.89 bits per heavy atom. The monoisotopic (exact) mass is 260 g/mol. The lowest BCUT2D eigenvalue weighted by Gasteiger charge is -2.25. The normalized spacial score (nSPS) is 24.7. The van der Waals surface area contributed by atoms with E-state index in [1.807, 2.05) is 0 Å². The van der Waals surface area contributed by atoms with E-state index in [1.54, 1.807) is 11.1 Å². The molecule has 2 aliphatic carbocycles. The lowest BCUT2D eigenvalue weighted by molar-refractivity contribution is 0.394. The van der Waals surface area contributed by atoms with Crippen LogP contribution in [0.15, 0.2) is 23.3 Å².